The van der Waals surface area contributed by atoms with Gasteiger partial charge in [-0.1, -0.05) is 34.6 Å². The largest absolute Gasteiger partial charge is 0.467 e. The van der Waals surface area contributed by atoms with Crippen LogP contribution < -0.4 is 0 Å². The van der Waals surface area contributed by atoms with Gasteiger partial charge in [-0.3, -0.25) is 9.59 Å². The molecule has 0 bridgehead atoms. The minimum Gasteiger partial charge on any atom is -0.467 e. The minimum absolute atomic E-state index is 0.0489. The van der Waals surface area contributed by atoms with Gasteiger partial charge in [-0.25, -0.2) is 0 Å². The first-order valence-corrected chi connectivity index (χ1v) is 11.4. The Morgan fingerprint density at radius 2 is 2.00 bits per heavy atom. The van der Waals surface area contributed by atoms with Crippen LogP contribution in [0.15, 0.2) is 22.8 Å². The second-order valence-corrected chi connectivity index (χ2v) is 9.88. The number of amides is 2. The highest BCUT2D eigenvalue weighted by atomic mass is 16.5. The van der Waals surface area contributed by atoms with Crippen LogP contribution in [-0.4, -0.2) is 54.0 Å². The summed E-state index contributed by atoms with van der Waals surface area (Å²) in [5.41, 5.74) is 0.187. The van der Waals surface area contributed by atoms with Crippen molar-refractivity contribution in [3.8, 4) is 0 Å². The summed E-state index contributed by atoms with van der Waals surface area (Å²) in [7, 11) is 0. The van der Waals surface area contributed by atoms with Crippen LogP contribution in [0.4, 0.5) is 0 Å². The number of nitrogens with zero attached hydrogens (tertiary/aromatic N) is 2. The summed E-state index contributed by atoms with van der Waals surface area (Å²) in [4.78, 5) is 29.7. The van der Waals surface area contributed by atoms with Crippen LogP contribution >= 0.6 is 0 Å². The quantitative estimate of drug-likeness (QED) is 0.529. The van der Waals surface area contributed by atoms with E-state index in [1.165, 1.54) is 0 Å². The fourth-order valence-corrected chi connectivity index (χ4v) is 4.25. The first kappa shape index (κ1) is 24.4. The lowest BCUT2D eigenvalue weighted by atomic mass is 9.84. The average molecular weight is 421 g/mol. The lowest BCUT2D eigenvalue weighted by Gasteiger charge is -2.30. The van der Waals surface area contributed by atoms with Crippen molar-refractivity contribution in [2.45, 2.75) is 79.4 Å². The van der Waals surface area contributed by atoms with Crippen LogP contribution in [0.1, 0.15) is 72.5 Å². The number of rotatable bonds is 11. The lowest BCUT2D eigenvalue weighted by molar-refractivity contribution is -0.142. The van der Waals surface area contributed by atoms with Crippen molar-refractivity contribution in [2.24, 2.45) is 11.3 Å². The standard InChI is InChI=1S/C24H40N2O4/c1-6-11-25(22(27)14-19(2)15-24(3,4)5)18-23(28)26(16-20-9-7-12-29-20)17-21-10-8-13-30-21/h7,9,12,19,21H,6,8,10-11,13-18H2,1-5H3/t19-,21+/m0/s1. The summed E-state index contributed by atoms with van der Waals surface area (Å²) in [6, 6.07) is 3.70. The van der Waals surface area contributed by atoms with Crippen LogP contribution in [0.25, 0.3) is 0 Å². The molecule has 1 aliphatic rings. The van der Waals surface area contributed by atoms with E-state index < -0.39 is 0 Å². The van der Waals surface area contributed by atoms with Crippen LogP contribution in [0, 0.1) is 11.3 Å². The third-order valence-corrected chi connectivity index (χ3v) is 5.38. The van der Waals surface area contributed by atoms with Crippen LogP contribution in [0.3, 0.4) is 0 Å². The van der Waals surface area contributed by atoms with Gasteiger partial charge in [-0.15, -0.1) is 0 Å². The number of hydrogen-bond donors (Lipinski definition) is 0. The van der Waals surface area contributed by atoms with Gasteiger partial charge >= 0.3 is 0 Å². The van der Waals surface area contributed by atoms with Crippen molar-refractivity contribution >= 4 is 11.8 Å². The molecule has 1 aromatic rings. The second kappa shape index (κ2) is 11.5. The SMILES string of the molecule is CCCN(CC(=O)N(Cc1ccco1)C[C@H]1CCCO1)C(=O)C[C@H](C)CC(C)(C)C. The molecule has 0 aromatic carbocycles. The van der Waals surface area contributed by atoms with Crippen molar-refractivity contribution in [1.29, 1.82) is 0 Å². The number of carbonyl (C=O) groups is 2. The third-order valence-electron chi connectivity index (χ3n) is 5.38. The maximum Gasteiger partial charge on any atom is 0.242 e. The topological polar surface area (TPSA) is 63.0 Å². The van der Waals surface area contributed by atoms with E-state index in [4.69, 9.17) is 9.15 Å². The molecule has 2 amide bonds. The second-order valence-electron chi connectivity index (χ2n) is 9.88. The number of carbonyl (C=O) groups excluding carboxylic acids is 2. The van der Waals surface area contributed by atoms with E-state index in [0.717, 1.165) is 38.1 Å². The summed E-state index contributed by atoms with van der Waals surface area (Å²) in [5.74, 6) is 1.05. The van der Waals surface area contributed by atoms with E-state index >= 15 is 0 Å². The van der Waals surface area contributed by atoms with Gasteiger partial charge < -0.3 is 19.0 Å². The summed E-state index contributed by atoms with van der Waals surface area (Å²) in [5, 5.41) is 0. The monoisotopic (exact) mass is 420 g/mol. The zero-order valence-electron chi connectivity index (χ0n) is 19.5. The molecule has 0 N–H and O–H groups in total. The molecular formula is C24H40N2O4. The van der Waals surface area contributed by atoms with Crippen LogP contribution in [0.2, 0.25) is 0 Å². The number of ether oxygens (including phenoxy) is 1. The maximum absolute atomic E-state index is 13.2. The molecule has 1 aliphatic heterocycles. The van der Waals surface area contributed by atoms with Gasteiger partial charge in [0.15, 0.2) is 0 Å². The third kappa shape index (κ3) is 8.50. The smallest absolute Gasteiger partial charge is 0.242 e. The molecule has 0 saturated carbocycles. The van der Waals surface area contributed by atoms with E-state index in [1.54, 1.807) is 16.1 Å². The highest BCUT2D eigenvalue weighted by molar-refractivity contribution is 5.85. The van der Waals surface area contributed by atoms with Crippen molar-refractivity contribution in [3.63, 3.8) is 0 Å². The first-order valence-electron chi connectivity index (χ1n) is 11.4. The predicted octanol–water partition coefficient (Wildman–Crippen LogP) is 4.49. The number of furan rings is 1. The maximum atomic E-state index is 13.2. The Kier molecular flexibility index (Phi) is 9.40. The molecule has 0 unspecified atom stereocenters. The Labute approximate surface area is 181 Å². The van der Waals surface area contributed by atoms with E-state index in [1.807, 2.05) is 19.1 Å². The molecule has 6 heteroatoms. The highest BCUT2D eigenvalue weighted by Crippen LogP contribution is 2.26. The molecule has 6 nitrogen and oxygen atoms in total. The lowest BCUT2D eigenvalue weighted by Crippen LogP contribution is -2.45. The first-order chi connectivity index (χ1) is 14.2. The molecule has 0 aliphatic carbocycles. The summed E-state index contributed by atoms with van der Waals surface area (Å²) in [6.07, 6.45) is 5.96. The van der Waals surface area contributed by atoms with E-state index in [-0.39, 0.29) is 35.8 Å². The van der Waals surface area contributed by atoms with E-state index in [2.05, 4.69) is 27.7 Å². The molecule has 170 valence electrons. The Hall–Kier alpha value is -1.82. The molecular weight excluding hydrogens is 380 g/mol. The summed E-state index contributed by atoms with van der Waals surface area (Å²) in [6.45, 7) is 13.1. The molecule has 2 heterocycles. The van der Waals surface area contributed by atoms with Crippen molar-refractivity contribution < 1.29 is 18.7 Å². The van der Waals surface area contributed by atoms with Gasteiger partial charge in [0.05, 0.1) is 25.5 Å². The van der Waals surface area contributed by atoms with Crippen molar-refractivity contribution in [2.75, 3.05) is 26.2 Å². The molecule has 2 atom stereocenters. The summed E-state index contributed by atoms with van der Waals surface area (Å²) < 4.78 is 11.2. The normalized spacial score (nSPS) is 17.7. The van der Waals surface area contributed by atoms with Gasteiger partial charge in [0, 0.05) is 26.1 Å². The molecule has 1 aromatic heterocycles. The Morgan fingerprint density at radius 1 is 1.23 bits per heavy atom. The average Bonchev–Trinajstić information content (AvgIpc) is 3.33. The van der Waals surface area contributed by atoms with Gasteiger partial charge in [0.1, 0.15) is 5.76 Å². The van der Waals surface area contributed by atoms with Gasteiger partial charge in [-0.05, 0) is 49.1 Å². The molecule has 1 fully saturated rings. The zero-order chi connectivity index (χ0) is 22.1. The van der Waals surface area contributed by atoms with Gasteiger partial charge in [0.2, 0.25) is 11.8 Å². The number of hydrogen-bond acceptors (Lipinski definition) is 4. The molecule has 1 saturated heterocycles. The summed E-state index contributed by atoms with van der Waals surface area (Å²) >= 11 is 0. The Balaban J connectivity index is 2.01. The molecule has 30 heavy (non-hydrogen) atoms. The van der Waals surface area contributed by atoms with E-state index in [0.29, 0.717) is 26.1 Å². The Bertz CT molecular complexity index is 645. The fourth-order valence-electron chi connectivity index (χ4n) is 4.25. The zero-order valence-corrected chi connectivity index (χ0v) is 19.5. The predicted molar refractivity (Wildman–Crippen MR) is 118 cm³/mol. The molecule has 2 rings (SSSR count). The van der Waals surface area contributed by atoms with Crippen molar-refractivity contribution in [3.05, 3.63) is 24.2 Å². The van der Waals surface area contributed by atoms with Crippen LogP contribution in [-0.2, 0) is 20.9 Å². The van der Waals surface area contributed by atoms with Gasteiger partial charge in [0.25, 0.3) is 0 Å². The van der Waals surface area contributed by atoms with E-state index in [9.17, 15) is 9.59 Å². The fraction of sp³-hybridized carbons (Fsp3) is 0.750. The minimum atomic E-state index is -0.0489. The van der Waals surface area contributed by atoms with Gasteiger partial charge in [-0.2, -0.15) is 0 Å². The Morgan fingerprint density at radius 3 is 2.57 bits per heavy atom. The highest BCUT2D eigenvalue weighted by Gasteiger charge is 2.27. The molecule has 0 spiro atoms. The van der Waals surface area contributed by atoms with Crippen LogP contribution in [0.5, 0.6) is 0 Å². The molecule has 0 radical (unpaired) electrons. The van der Waals surface area contributed by atoms with Crippen molar-refractivity contribution in [1.82, 2.24) is 9.80 Å².